The minimum absolute atomic E-state index is 0. The van der Waals surface area contributed by atoms with Gasteiger partial charge in [-0.3, -0.25) is 9.79 Å². The fourth-order valence-corrected chi connectivity index (χ4v) is 3.19. The zero-order chi connectivity index (χ0) is 21.2. The number of amides is 1. The third kappa shape index (κ3) is 9.35. The lowest BCUT2D eigenvalue weighted by molar-refractivity contribution is -0.123. The van der Waals surface area contributed by atoms with E-state index in [-0.39, 0.29) is 36.5 Å². The Balaban J connectivity index is 0.00000341. The van der Waals surface area contributed by atoms with Crippen molar-refractivity contribution in [2.24, 2.45) is 4.99 Å². The zero-order valence-corrected chi connectivity index (χ0v) is 20.8. The largest absolute Gasteiger partial charge is 0.484 e. The summed E-state index contributed by atoms with van der Waals surface area (Å²) in [6.07, 6.45) is 3.85. The molecule has 0 heterocycles. The topological polar surface area (TPSA) is 74.8 Å². The molecule has 6 nitrogen and oxygen atoms in total. The summed E-state index contributed by atoms with van der Waals surface area (Å²) in [5.74, 6) is 1.41. The van der Waals surface area contributed by atoms with Gasteiger partial charge >= 0.3 is 0 Å². The van der Waals surface area contributed by atoms with Crippen LogP contribution in [0.5, 0.6) is 5.75 Å². The van der Waals surface area contributed by atoms with Crippen molar-refractivity contribution in [1.29, 1.82) is 0 Å². The summed E-state index contributed by atoms with van der Waals surface area (Å²) in [7, 11) is 1.76. The van der Waals surface area contributed by atoms with Crippen molar-refractivity contribution in [2.75, 3.05) is 26.7 Å². The zero-order valence-electron chi connectivity index (χ0n) is 17.7. The van der Waals surface area contributed by atoms with Crippen molar-refractivity contribution in [2.45, 2.75) is 31.7 Å². The van der Waals surface area contributed by atoms with E-state index in [0.29, 0.717) is 11.8 Å². The number of hydrogen-bond donors (Lipinski definition) is 3. The molecule has 0 aromatic heterocycles. The molecular formula is C23H30ClIN4O2. The molecule has 8 heteroatoms. The first-order valence-electron chi connectivity index (χ1n) is 10.3. The van der Waals surface area contributed by atoms with Gasteiger partial charge in [0.25, 0.3) is 5.91 Å². The summed E-state index contributed by atoms with van der Waals surface area (Å²) in [5, 5.41) is 10.3. The van der Waals surface area contributed by atoms with Crippen LogP contribution in [0.15, 0.2) is 53.5 Å². The van der Waals surface area contributed by atoms with Gasteiger partial charge in [-0.1, -0.05) is 41.9 Å². The molecule has 1 amide bonds. The third-order valence-corrected chi connectivity index (χ3v) is 5.18. The Hall–Kier alpha value is -2.00. The molecule has 0 aliphatic heterocycles. The van der Waals surface area contributed by atoms with Gasteiger partial charge in [-0.25, -0.2) is 0 Å². The first kappa shape index (κ1) is 25.3. The monoisotopic (exact) mass is 556 g/mol. The molecule has 3 rings (SSSR count). The maximum atomic E-state index is 11.7. The first-order chi connectivity index (χ1) is 14.6. The smallest absolute Gasteiger partial charge is 0.258 e. The molecular weight excluding hydrogens is 527 g/mol. The molecule has 31 heavy (non-hydrogen) atoms. The van der Waals surface area contributed by atoms with Crippen molar-refractivity contribution in [3.8, 4) is 5.75 Å². The molecule has 0 radical (unpaired) electrons. The summed E-state index contributed by atoms with van der Waals surface area (Å²) in [4.78, 5) is 15.9. The number of hydrogen-bond acceptors (Lipinski definition) is 3. The number of nitrogens with one attached hydrogen (secondary N) is 3. The Kier molecular flexibility index (Phi) is 10.9. The van der Waals surface area contributed by atoms with Gasteiger partial charge in [0.05, 0.1) is 0 Å². The molecule has 0 spiro atoms. The lowest BCUT2D eigenvalue weighted by Gasteiger charge is -2.12. The van der Waals surface area contributed by atoms with E-state index in [2.05, 4.69) is 20.9 Å². The van der Waals surface area contributed by atoms with Crippen LogP contribution in [0.3, 0.4) is 0 Å². The van der Waals surface area contributed by atoms with Gasteiger partial charge in [-0.05, 0) is 55.0 Å². The Morgan fingerprint density at radius 3 is 2.39 bits per heavy atom. The Morgan fingerprint density at radius 2 is 1.74 bits per heavy atom. The second-order valence-corrected chi connectivity index (χ2v) is 7.70. The number of benzene rings is 2. The number of aliphatic imine (C=N–C) groups is 1. The summed E-state index contributed by atoms with van der Waals surface area (Å²) in [6, 6.07) is 16.1. The molecule has 1 saturated carbocycles. The van der Waals surface area contributed by atoms with Gasteiger partial charge in [0.15, 0.2) is 12.6 Å². The lowest BCUT2D eigenvalue weighted by atomic mass is 10.1. The predicted octanol–water partition coefficient (Wildman–Crippen LogP) is 3.57. The summed E-state index contributed by atoms with van der Waals surface area (Å²) in [6.45, 7) is 1.58. The molecule has 2 aromatic rings. The minimum Gasteiger partial charge on any atom is -0.484 e. The van der Waals surface area contributed by atoms with E-state index < -0.39 is 0 Å². The number of halogens is 2. The highest BCUT2D eigenvalue weighted by Crippen LogP contribution is 2.18. The van der Waals surface area contributed by atoms with Crippen LogP contribution in [0, 0.1) is 0 Å². The molecule has 0 unspecified atom stereocenters. The normalized spacial score (nSPS) is 13.2. The van der Waals surface area contributed by atoms with Gasteiger partial charge in [0, 0.05) is 31.2 Å². The number of guanidine groups is 1. The van der Waals surface area contributed by atoms with Gasteiger partial charge in [0.1, 0.15) is 5.75 Å². The highest BCUT2D eigenvalue weighted by molar-refractivity contribution is 14.0. The Morgan fingerprint density at radius 1 is 1.06 bits per heavy atom. The molecule has 2 aromatic carbocycles. The summed E-state index contributed by atoms with van der Waals surface area (Å²) >= 11 is 6.19. The summed E-state index contributed by atoms with van der Waals surface area (Å²) in [5.41, 5.74) is 2.30. The van der Waals surface area contributed by atoms with Crippen molar-refractivity contribution in [3.63, 3.8) is 0 Å². The van der Waals surface area contributed by atoms with Crippen molar-refractivity contribution < 1.29 is 9.53 Å². The van der Waals surface area contributed by atoms with Crippen molar-refractivity contribution in [1.82, 2.24) is 16.0 Å². The van der Waals surface area contributed by atoms with E-state index in [9.17, 15) is 4.79 Å². The highest BCUT2D eigenvalue weighted by Gasteiger charge is 2.23. The van der Waals surface area contributed by atoms with Crippen molar-refractivity contribution in [3.05, 3.63) is 64.7 Å². The lowest BCUT2D eigenvalue weighted by Crippen LogP contribution is -2.39. The van der Waals surface area contributed by atoms with Crippen LogP contribution in [0.4, 0.5) is 0 Å². The molecule has 168 valence electrons. The number of carbonyl (C=O) groups excluding carboxylic acids is 1. The molecule has 0 saturated heterocycles. The standard InChI is InChI=1S/C23H29ClN4O2.HI/c1-25-23(27-15-13-18-4-2-3-5-21(18)24)26-14-12-17-6-10-20(11-7-17)30-16-22(29)28-19-8-9-19;/h2-7,10-11,19H,8-9,12-16H2,1H3,(H,28,29)(H2,25,26,27);1H. The molecule has 1 aliphatic rings. The number of rotatable bonds is 10. The van der Waals surface area contributed by atoms with Crippen molar-refractivity contribution >= 4 is 47.4 Å². The van der Waals surface area contributed by atoms with Crippen LogP contribution < -0.4 is 20.7 Å². The number of carbonyl (C=O) groups is 1. The summed E-state index contributed by atoms with van der Waals surface area (Å²) < 4.78 is 5.53. The van der Waals surface area contributed by atoms with E-state index >= 15 is 0 Å². The molecule has 1 fully saturated rings. The van der Waals surface area contributed by atoms with Crippen LogP contribution in [0.2, 0.25) is 5.02 Å². The minimum atomic E-state index is -0.0563. The third-order valence-electron chi connectivity index (χ3n) is 4.81. The maximum Gasteiger partial charge on any atom is 0.258 e. The van der Waals surface area contributed by atoms with Crippen LogP contribution in [0.25, 0.3) is 0 Å². The van der Waals surface area contributed by atoms with E-state index in [1.165, 1.54) is 5.56 Å². The van der Waals surface area contributed by atoms with Gasteiger partial charge < -0.3 is 20.7 Å². The fraction of sp³-hybridized carbons (Fsp3) is 0.391. The van der Waals surface area contributed by atoms with E-state index in [1.807, 2.05) is 48.5 Å². The maximum absolute atomic E-state index is 11.7. The van der Waals surface area contributed by atoms with E-state index in [4.69, 9.17) is 16.3 Å². The second kappa shape index (κ2) is 13.4. The molecule has 3 N–H and O–H groups in total. The van der Waals surface area contributed by atoms with Gasteiger partial charge in [-0.15, -0.1) is 24.0 Å². The number of nitrogens with zero attached hydrogens (tertiary/aromatic N) is 1. The van der Waals surface area contributed by atoms with Gasteiger partial charge in [0.2, 0.25) is 0 Å². The number of ether oxygens (including phenoxy) is 1. The van der Waals surface area contributed by atoms with E-state index in [0.717, 1.165) is 55.3 Å². The second-order valence-electron chi connectivity index (χ2n) is 7.29. The average molecular weight is 557 g/mol. The first-order valence-corrected chi connectivity index (χ1v) is 10.7. The molecule has 0 bridgehead atoms. The predicted molar refractivity (Wildman–Crippen MR) is 137 cm³/mol. The van der Waals surface area contributed by atoms with Gasteiger partial charge in [-0.2, -0.15) is 0 Å². The SMILES string of the molecule is CN=C(NCCc1ccc(OCC(=O)NC2CC2)cc1)NCCc1ccccc1Cl.I. The van der Waals surface area contributed by atoms with Crippen LogP contribution in [0.1, 0.15) is 24.0 Å². The van der Waals surface area contributed by atoms with Crippen LogP contribution in [-0.4, -0.2) is 44.7 Å². The Labute approximate surface area is 206 Å². The molecule has 1 aliphatic carbocycles. The molecule has 0 atom stereocenters. The van der Waals surface area contributed by atoms with Crippen LogP contribution in [-0.2, 0) is 17.6 Å². The van der Waals surface area contributed by atoms with E-state index in [1.54, 1.807) is 7.05 Å². The fourth-order valence-electron chi connectivity index (χ4n) is 2.96. The Bertz CT molecular complexity index is 857. The average Bonchev–Trinajstić information content (AvgIpc) is 3.57. The quantitative estimate of drug-likeness (QED) is 0.238. The highest BCUT2D eigenvalue weighted by atomic mass is 127. The van der Waals surface area contributed by atoms with Crippen LogP contribution >= 0.6 is 35.6 Å².